The van der Waals surface area contributed by atoms with Crippen LogP contribution in [0.5, 0.6) is 5.75 Å². The van der Waals surface area contributed by atoms with Crippen molar-refractivity contribution in [1.29, 1.82) is 0 Å². The van der Waals surface area contributed by atoms with Crippen molar-refractivity contribution in [2.24, 2.45) is 4.99 Å². The summed E-state index contributed by atoms with van der Waals surface area (Å²) in [6.45, 7) is 2.85. The van der Waals surface area contributed by atoms with Gasteiger partial charge in [-0.05, 0) is 41.7 Å². The molecule has 30 heavy (non-hydrogen) atoms. The van der Waals surface area contributed by atoms with Crippen molar-refractivity contribution in [2.75, 3.05) is 27.2 Å². The largest absolute Gasteiger partial charge is 0.497 e. The zero-order chi connectivity index (χ0) is 21.3. The number of ether oxygens (including phenoxy) is 1. The van der Waals surface area contributed by atoms with E-state index in [-0.39, 0.29) is 5.91 Å². The van der Waals surface area contributed by atoms with Gasteiger partial charge in [0.2, 0.25) is 5.91 Å². The highest BCUT2D eigenvalue weighted by Gasteiger charge is 2.20. The monoisotopic (exact) mass is 428 g/mol. The first-order valence-corrected chi connectivity index (χ1v) is 10.6. The van der Waals surface area contributed by atoms with Gasteiger partial charge in [0.1, 0.15) is 5.75 Å². The van der Waals surface area contributed by atoms with Crippen molar-refractivity contribution in [3.05, 3.63) is 64.2 Å². The van der Waals surface area contributed by atoms with E-state index in [1.165, 1.54) is 11.1 Å². The Hall–Kier alpha value is -2.73. The summed E-state index contributed by atoms with van der Waals surface area (Å²) in [5, 5.41) is 7.39. The van der Waals surface area contributed by atoms with Crippen LogP contribution in [0.25, 0.3) is 0 Å². The number of nitrogens with zero attached hydrogens (tertiary/aromatic N) is 2. The molecule has 160 valence electrons. The van der Waals surface area contributed by atoms with Crippen LogP contribution in [0.3, 0.4) is 0 Å². The number of hydrogen-bond donors (Lipinski definition) is 2. The lowest BCUT2D eigenvalue weighted by Crippen LogP contribution is -2.38. The maximum Gasteiger partial charge on any atom is 0.222 e. The van der Waals surface area contributed by atoms with Crippen LogP contribution < -0.4 is 15.4 Å². The second kappa shape index (κ2) is 10.9. The van der Waals surface area contributed by atoms with Gasteiger partial charge in [-0.3, -0.25) is 9.79 Å². The Labute approximate surface area is 183 Å². The molecule has 0 unspecified atom stereocenters. The molecule has 1 aliphatic rings. The Bertz CT molecular complexity index is 901. The van der Waals surface area contributed by atoms with Gasteiger partial charge < -0.3 is 20.3 Å². The first-order valence-electron chi connectivity index (χ1n) is 10.2. The molecule has 7 heteroatoms. The Morgan fingerprint density at radius 2 is 1.97 bits per heavy atom. The van der Waals surface area contributed by atoms with E-state index in [0.29, 0.717) is 31.1 Å². The molecule has 1 heterocycles. The fourth-order valence-electron chi connectivity index (χ4n) is 3.53. The van der Waals surface area contributed by atoms with Crippen LogP contribution in [0.1, 0.15) is 29.5 Å². The first-order chi connectivity index (χ1) is 14.6. The third-order valence-electron chi connectivity index (χ3n) is 5.27. The van der Waals surface area contributed by atoms with Gasteiger partial charge in [0, 0.05) is 44.7 Å². The van der Waals surface area contributed by atoms with Crippen molar-refractivity contribution in [3.63, 3.8) is 0 Å². The van der Waals surface area contributed by atoms with Crippen LogP contribution in [0.2, 0.25) is 5.02 Å². The maximum absolute atomic E-state index is 12.0. The molecule has 0 bridgehead atoms. The zero-order valence-electron chi connectivity index (χ0n) is 17.6. The zero-order valence-corrected chi connectivity index (χ0v) is 18.3. The van der Waals surface area contributed by atoms with E-state index in [4.69, 9.17) is 16.3 Å². The van der Waals surface area contributed by atoms with E-state index in [0.717, 1.165) is 36.7 Å². The minimum atomic E-state index is 0.243. The average Bonchev–Trinajstić information content (AvgIpc) is 3.16. The van der Waals surface area contributed by atoms with E-state index in [2.05, 4.69) is 27.8 Å². The van der Waals surface area contributed by atoms with Gasteiger partial charge in [-0.1, -0.05) is 41.9 Å². The van der Waals surface area contributed by atoms with Crippen LogP contribution in [-0.2, 0) is 24.3 Å². The molecule has 2 N–H and O–H groups in total. The Balaban J connectivity index is 1.51. The number of carbonyl (C=O) groups excluding carboxylic acids is 1. The number of methoxy groups -OCH3 is 1. The number of carbonyl (C=O) groups is 1. The third kappa shape index (κ3) is 5.89. The summed E-state index contributed by atoms with van der Waals surface area (Å²) in [6, 6.07) is 13.9. The molecular formula is C23H29ClN4O2. The summed E-state index contributed by atoms with van der Waals surface area (Å²) in [6.07, 6.45) is 2.39. The number of likely N-dealkylation sites (tertiary alicyclic amines) is 1. The first kappa shape index (κ1) is 22.0. The second-order valence-corrected chi connectivity index (χ2v) is 7.65. The Kier molecular flexibility index (Phi) is 7.97. The fourth-order valence-corrected chi connectivity index (χ4v) is 3.80. The summed E-state index contributed by atoms with van der Waals surface area (Å²) in [4.78, 5) is 18.2. The molecule has 1 saturated heterocycles. The van der Waals surface area contributed by atoms with Crippen LogP contribution in [0.4, 0.5) is 0 Å². The van der Waals surface area contributed by atoms with Crippen LogP contribution in [-0.4, -0.2) is 44.0 Å². The number of rotatable bonds is 8. The number of guanidine groups is 1. The third-order valence-corrected chi connectivity index (χ3v) is 5.62. The SMILES string of the molecule is CN=C(NCCc1ccc(OC)cc1Cl)NCc1ccccc1CN1CCCC1=O. The molecular weight excluding hydrogens is 400 g/mol. The molecule has 0 atom stereocenters. The predicted molar refractivity (Wildman–Crippen MR) is 121 cm³/mol. The van der Waals surface area contributed by atoms with Crippen molar-refractivity contribution < 1.29 is 9.53 Å². The molecule has 0 aliphatic carbocycles. The topological polar surface area (TPSA) is 66.0 Å². The summed E-state index contributed by atoms with van der Waals surface area (Å²) in [5.41, 5.74) is 3.39. The molecule has 0 spiro atoms. The summed E-state index contributed by atoms with van der Waals surface area (Å²) in [5.74, 6) is 1.72. The highest BCUT2D eigenvalue weighted by Crippen LogP contribution is 2.22. The van der Waals surface area contributed by atoms with Gasteiger partial charge in [-0.15, -0.1) is 0 Å². The smallest absolute Gasteiger partial charge is 0.222 e. The molecule has 6 nitrogen and oxygen atoms in total. The fraction of sp³-hybridized carbons (Fsp3) is 0.391. The van der Waals surface area contributed by atoms with Crippen molar-refractivity contribution in [1.82, 2.24) is 15.5 Å². The van der Waals surface area contributed by atoms with E-state index in [9.17, 15) is 4.79 Å². The lowest BCUT2D eigenvalue weighted by molar-refractivity contribution is -0.128. The molecule has 2 aromatic rings. The van der Waals surface area contributed by atoms with E-state index in [1.54, 1.807) is 14.2 Å². The van der Waals surface area contributed by atoms with Crippen molar-refractivity contribution in [3.8, 4) is 5.75 Å². The van der Waals surface area contributed by atoms with E-state index < -0.39 is 0 Å². The number of amides is 1. The van der Waals surface area contributed by atoms with Gasteiger partial charge in [-0.2, -0.15) is 0 Å². The van der Waals surface area contributed by atoms with E-state index in [1.807, 2.05) is 35.2 Å². The summed E-state index contributed by atoms with van der Waals surface area (Å²) < 4.78 is 5.19. The predicted octanol–water partition coefficient (Wildman–Crippen LogP) is 3.38. The summed E-state index contributed by atoms with van der Waals surface area (Å²) in [7, 11) is 3.38. The van der Waals surface area contributed by atoms with Crippen molar-refractivity contribution in [2.45, 2.75) is 32.4 Å². The molecule has 3 rings (SSSR count). The molecule has 0 saturated carbocycles. The van der Waals surface area contributed by atoms with Crippen LogP contribution >= 0.6 is 11.6 Å². The minimum Gasteiger partial charge on any atom is -0.497 e. The molecule has 1 fully saturated rings. The van der Waals surface area contributed by atoms with Gasteiger partial charge in [-0.25, -0.2) is 0 Å². The highest BCUT2D eigenvalue weighted by atomic mass is 35.5. The number of halogens is 1. The van der Waals surface area contributed by atoms with Gasteiger partial charge in [0.05, 0.1) is 7.11 Å². The van der Waals surface area contributed by atoms with Gasteiger partial charge in [0.25, 0.3) is 0 Å². The average molecular weight is 429 g/mol. The lowest BCUT2D eigenvalue weighted by Gasteiger charge is -2.19. The standard InChI is InChI=1S/C23H29ClN4O2/c1-25-23(26-12-11-17-9-10-20(30-2)14-21(17)24)27-15-18-6-3-4-7-19(18)16-28-13-5-8-22(28)29/h3-4,6-7,9-10,14H,5,8,11-13,15-16H2,1-2H3,(H2,25,26,27). The van der Waals surface area contributed by atoms with Gasteiger partial charge >= 0.3 is 0 Å². The number of nitrogens with one attached hydrogen (secondary N) is 2. The molecule has 0 aromatic heterocycles. The molecule has 0 radical (unpaired) electrons. The second-order valence-electron chi connectivity index (χ2n) is 7.25. The molecule has 2 aromatic carbocycles. The quantitative estimate of drug-likeness (QED) is 0.499. The number of benzene rings is 2. The molecule has 1 amide bonds. The maximum atomic E-state index is 12.0. The number of hydrogen-bond acceptors (Lipinski definition) is 3. The highest BCUT2D eigenvalue weighted by molar-refractivity contribution is 6.31. The van der Waals surface area contributed by atoms with Crippen LogP contribution in [0.15, 0.2) is 47.5 Å². The minimum absolute atomic E-state index is 0.243. The molecule has 1 aliphatic heterocycles. The normalized spacial score (nSPS) is 14.2. The van der Waals surface area contributed by atoms with Crippen molar-refractivity contribution >= 4 is 23.5 Å². The van der Waals surface area contributed by atoms with E-state index >= 15 is 0 Å². The number of aliphatic imine (C=N–C) groups is 1. The lowest BCUT2D eigenvalue weighted by atomic mass is 10.1. The van der Waals surface area contributed by atoms with Crippen LogP contribution in [0, 0.1) is 0 Å². The summed E-state index contributed by atoms with van der Waals surface area (Å²) >= 11 is 6.31. The Morgan fingerprint density at radius 1 is 1.17 bits per heavy atom. The van der Waals surface area contributed by atoms with Gasteiger partial charge in [0.15, 0.2) is 5.96 Å². The Morgan fingerprint density at radius 3 is 2.63 bits per heavy atom.